The average molecular weight is 882 g/mol. The minimum absolute atomic E-state index is 0.112. The average Bonchev–Trinajstić information content (AvgIpc) is 3.72. The van der Waals surface area contributed by atoms with Crippen LogP contribution in [0.1, 0.15) is 35.4 Å². The number of allylic oxidation sites excluding steroid dienone is 2. The number of imide groups is 2. The molecule has 2 aliphatic heterocycles. The van der Waals surface area contributed by atoms with Gasteiger partial charge in [0.25, 0.3) is 0 Å². The van der Waals surface area contributed by atoms with Gasteiger partial charge in [0.15, 0.2) is 0 Å². The second kappa shape index (κ2) is 16.6. The third-order valence-electron chi connectivity index (χ3n) is 13.5. The maximum Gasteiger partial charge on any atom is 0.246 e. The van der Waals surface area contributed by atoms with Crippen molar-refractivity contribution in [2.24, 2.45) is 33.9 Å². The SMILES string of the molecule is CN(C)c1ccc(N=Nc2ccc(N3C(=O)C4CC=C5C(CC6C(=O)N(c7cccc(Cl)c7)C(=O)C6(c6ccccc6)C5c5ccc(OCc6ccccc6)cc5O)C4C3=O)cc2)cc1. The van der Waals surface area contributed by atoms with E-state index in [9.17, 15) is 14.7 Å². The highest BCUT2D eigenvalue weighted by Crippen LogP contribution is 2.65. The summed E-state index contributed by atoms with van der Waals surface area (Å²) < 4.78 is 6.11. The van der Waals surface area contributed by atoms with Crippen molar-refractivity contribution in [1.29, 1.82) is 0 Å². The van der Waals surface area contributed by atoms with Crippen LogP contribution in [0.2, 0.25) is 5.02 Å². The third-order valence-corrected chi connectivity index (χ3v) is 13.7. The summed E-state index contributed by atoms with van der Waals surface area (Å²) in [6.07, 6.45) is 2.31. The fraction of sp³-hybridized carbons (Fsp3) is 0.208. The van der Waals surface area contributed by atoms with E-state index in [2.05, 4.69) is 10.2 Å². The van der Waals surface area contributed by atoms with Gasteiger partial charge in [0.1, 0.15) is 18.1 Å². The second-order valence-electron chi connectivity index (χ2n) is 17.2. The van der Waals surface area contributed by atoms with Crippen LogP contribution in [0.4, 0.5) is 28.4 Å². The lowest BCUT2D eigenvalue weighted by Crippen LogP contribution is -2.53. The number of nitrogens with zero attached hydrogens (tertiary/aromatic N) is 5. The van der Waals surface area contributed by atoms with Gasteiger partial charge in [0, 0.05) is 42.4 Å². The van der Waals surface area contributed by atoms with Crippen molar-refractivity contribution in [3.05, 3.63) is 185 Å². The predicted octanol–water partition coefficient (Wildman–Crippen LogP) is 10.5. The van der Waals surface area contributed by atoms with Gasteiger partial charge in [-0.2, -0.15) is 10.2 Å². The van der Waals surface area contributed by atoms with Crippen LogP contribution in [0, 0.1) is 23.7 Å². The molecular formula is C53H44ClN5O6. The Balaban J connectivity index is 1.04. The van der Waals surface area contributed by atoms with Crippen molar-refractivity contribution >= 4 is 63.7 Å². The Labute approximate surface area is 381 Å². The van der Waals surface area contributed by atoms with Crippen molar-refractivity contribution in [3.63, 3.8) is 0 Å². The zero-order chi connectivity index (χ0) is 45.0. The maximum atomic E-state index is 15.6. The van der Waals surface area contributed by atoms with Gasteiger partial charge in [-0.1, -0.05) is 96.0 Å². The van der Waals surface area contributed by atoms with Crippen LogP contribution >= 0.6 is 11.6 Å². The third kappa shape index (κ3) is 7.07. The molecule has 12 heteroatoms. The number of aromatic hydroxyl groups is 1. The highest BCUT2D eigenvalue weighted by atomic mass is 35.5. The number of phenols is 1. The topological polar surface area (TPSA) is 132 Å². The number of azo groups is 1. The van der Waals surface area contributed by atoms with Crippen molar-refractivity contribution in [2.45, 2.75) is 30.8 Å². The number of hydrogen-bond acceptors (Lipinski definition) is 9. The maximum absolute atomic E-state index is 15.6. The molecule has 1 N–H and O–H groups in total. The lowest BCUT2D eigenvalue weighted by atomic mass is 9.49. The second-order valence-corrected chi connectivity index (χ2v) is 17.7. The van der Waals surface area contributed by atoms with E-state index >= 15 is 9.59 Å². The summed E-state index contributed by atoms with van der Waals surface area (Å²) >= 11 is 6.48. The smallest absolute Gasteiger partial charge is 0.246 e. The van der Waals surface area contributed by atoms with Crippen LogP contribution in [0.15, 0.2) is 174 Å². The first-order valence-corrected chi connectivity index (χ1v) is 22.0. The number of ether oxygens (including phenoxy) is 1. The Morgan fingerprint density at radius 2 is 1.38 bits per heavy atom. The summed E-state index contributed by atoms with van der Waals surface area (Å²) in [7, 11) is 3.93. The largest absolute Gasteiger partial charge is 0.508 e. The van der Waals surface area contributed by atoms with E-state index in [0.29, 0.717) is 44.6 Å². The number of amides is 4. The van der Waals surface area contributed by atoms with E-state index in [0.717, 1.165) is 16.8 Å². The number of anilines is 3. The molecule has 2 saturated heterocycles. The molecule has 4 amide bonds. The molecule has 4 aliphatic rings. The molecule has 6 atom stereocenters. The first-order valence-electron chi connectivity index (χ1n) is 21.6. The molecule has 6 aromatic rings. The normalized spacial score (nSPS) is 23.6. The van der Waals surface area contributed by atoms with Crippen LogP contribution in [0.3, 0.4) is 0 Å². The Kier molecular flexibility index (Phi) is 10.7. The quantitative estimate of drug-likeness (QED) is 0.0823. The molecule has 6 aromatic carbocycles. The number of benzene rings is 6. The first-order chi connectivity index (χ1) is 31.5. The molecule has 65 heavy (non-hydrogen) atoms. The molecule has 0 spiro atoms. The van der Waals surface area contributed by atoms with Crippen molar-refractivity contribution in [1.82, 2.24) is 0 Å². The molecule has 0 radical (unpaired) electrons. The van der Waals surface area contributed by atoms with Gasteiger partial charge >= 0.3 is 0 Å². The minimum Gasteiger partial charge on any atom is -0.508 e. The Morgan fingerprint density at radius 1 is 0.708 bits per heavy atom. The lowest BCUT2D eigenvalue weighted by Gasteiger charge is -2.50. The van der Waals surface area contributed by atoms with Gasteiger partial charge < -0.3 is 14.7 Å². The molecule has 324 valence electrons. The predicted molar refractivity (Wildman–Crippen MR) is 249 cm³/mol. The van der Waals surface area contributed by atoms with E-state index in [1.54, 1.807) is 60.7 Å². The number of carbonyl (C=O) groups excluding carboxylic acids is 4. The fourth-order valence-corrected chi connectivity index (χ4v) is 10.7. The number of rotatable bonds is 10. The molecule has 2 heterocycles. The first kappa shape index (κ1) is 41.6. The number of fused-ring (bicyclic) bond motifs is 4. The van der Waals surface area contributed by atoms with Gasteiger partial charge in [-0.15, -0.1) is 0 Å². The van der Waals surface area contributed by atoms with Crippen molar-refractivity contribution < 1.29 is 29.0 Å². The van der Waals surface area contributed by atoms with Gasteiger partial charge in [0.2, 0.25) is 23.6 Å². The zero-order valence-electron chi connectivity index (χ0n) is 35.6. The summed E-state index contributed by atoms with van der Waals surface area (Å²) in [6, 6.07) is 45.0. The minimum atomic E-state index is -1.55. The summed E-state index contributed by atoms with van der Waals surface area (Å²) in [4.78, 5) is 64.6. The molecule has 1 saturated carbocycles. The summed E-state index contributed by atoms with van der Waals surface area (Å²) in [5, 5.41) is 21.2. The number of phenolic OH excluding ortho intramolecular Hbond substituents is 1. The highest BCUT2D eigenvalue weighted by molar-refractivity contribution is 6.32. The van der Waals surface area contributed by atoms with Gasteiger partial charge in [-0.05, 0) is 103 Å². The van der Waals surface area contributed by atoms with Gasteiger partial charge in [-0.3, -0.25) is 24.1 Å². The highest BCUT2D eigenvalue weighted by Gasteiger charge is 2.70. The fourth-order valence-electron chi connectivity index (χ4n) is 10.5. The Bertz CT molecular complexity index is 2910. The zero-order valence-corrected chi connectivity index (χ0v) is 36.4. The van der Waals surface area contributed by atoms with Crippen molar-refractivity contribution in [3.8, 4) is 11.5 Å². The monoisotopic (exact) mass is 881 g/mol. The van der Waals surface area contributed by atoms with Gasteiger partial charge in [0.05, 0.1) is 45.9 Å². The van der Waals surface area contributed by atoms with E-state index < -0.39 is 46.8 Å². The Hall–Kier alpha value is -7.37. The molecule has 10 rings (SSSR count). The van der Waals surface area contributed by atoms with E-state index in [1.165, 1.54) is 15.9 Å². The molecule has 2 aliphatic carbocycles. The van der Waals surface area contributed by atoms with Crippen LogP contribution in [0.5, 0.6) is 11.5 Å². The van der Waals surface area contributed by atoms with E-state index in [1.807, 2.05) is 110 Å². The van der Waals surface area contributed by atoms with Crippen LogP contribution in [-0.2, 0) is 31.2 Å². The van der Waals surface area contributed by atoms with Crippen molar-refractivity contribution in [2.75, 3.05) is 28.8 Å². The number of halogens is 1. The van der Waals surface area contributed by atoms with E-state index in [4.69, 9.17) is 16.3 Å². The molecule has 11 nitrogen and oxygen atoms in total. The molecule has 6 unspecified atom stereocenters. The Morgan fingerprint density at radius 3 is 2.05 bits per heavy atom. The number of hydrogen-bond donors (Lipinski definition) is 1. The lowest BCUT2D eigenvalue weighted by molar-refractivity contribution is -0.127. The molecule has 0 bridgehead atoms. The van der Waals surface area contributed by atoms with Crippen LogP contribution < -0.4 is 19.4 Å². The summed E-state index contributed by atoms with van der Waals surface area (Å²) in [6.45, 7) is 0.266. The molecule has 3 fully saturated rings. The molecule has 0 aromatic heterocycles. The van der Waals surface area contributed by atoms with Gasteiger partial charge in [-0.25, -0.2) is 4.90 Å². The van der Waals surface area contributed by atoms with E-state index in [-0.39, 0.29) is 37.0 Å². The van der Waals surface area contributed by atoms with Crippen LogP contribution in [0.25, 0.3) is 0 Å². The van der Waals surface area contributed by atoms with Crippen LogP contribution in [-0.4, -0.2) is 42.8 Å². The number of carbonyl (C=O) groups is 4. The molecular weight excluding hydrogens is 838 g/mol. The summed E-state index contributed by atoms with van der Waals surface area (Å²) in [5.74, 6) is -5.40. The summed E-state index contributed by atoms with van der Waals surface area (Å²) in [5.41, 5.74) is 4.11. The standard InChI is InChI=1S/C53H44ClN5O6/c1-57(2)37-20-16-35(17-21-37)55-56-36-18-22-38(23-19-36)58-49(61)43-27-26-41-44(47(43)51(58)63)30-45-50(62)59(39-15-9-14-34(54)28-39)52(64)53(45,33-12-7-4-8-13-33)48(41)42-25-24-40(29-46(42)60)65-31-32-10-5-3-6-11-32/h3-26,28-29,43-45,47-48,60H,27,30-31H2,1-2H3.